The van der Waals surface area contributed by atoms with Gasteiger partial charge < -0.3 is 20.6 Å². The fourth-order valence-corrected chi connectivity index (χ4v) is 5.00. The second-order valence-electron chi connectivity index (χ2n) is 9.76. The molecule has 1 aliphatic rings. The minimum atomic E-state index is -0.720. The molecule has 0 saturated carbocycles. The van der Waals surface area contributed by atoms with Crippen LogP contribution in [-0.2, 0) is 20.9 Å². The van der Waals surface area contributed by atoms with Crippen LogP contribution in [0.2, 0.25) is 0 Å². The number of rotatable bonds is 7. The third-order valence-corrected chi connectivity index (χ3v) is 6.97. The molecule has 178 valence electrons. The van der Waals surface area contributed by atoms with Crippen molar-refractivity contribution < 1.29 is 19.5 Å². The zero-order chi connectivity index (χ0) is 24.3. The van der Waals surface area contributed by atoms with E-state index in [9.17, 15) is 19.5 Å². The monoisotopic (exact) mass is 472 g/mol. The molecule has 3 atom stereocenters. The highest BCUT2D eigenvalue weighted by Gasteiger charge is 2.43. The summed E-state index contributed by atoms with van der Waals surface area (Å²) in [6.45, 7) is 10.1. The molecule has 33 heavy (non-hydrogen) atoms. The molecule has 0 bridgehead atoms. The lowest BCUT2D eigenvalue weighted by Gasteiger charge is -2.34. The minimum Gasteiger partial charge on any atom is -0.508 e. The molecule has 1 aromatic heterocycles. The van der Waals surface area contributed by atoms with Gasteiger partial charge in [-0.05, 0) is 36.3 Å². The van der Waals surface area contributed by atoms with Crippen LogP contribution in [0.25, 0.3) is 10.4 Å². The average Bonchev–Trinajstić information content (AvgIpc) is 3.35. The summed E-state index contributed by atoms with van der Waals surface area (Å²) in [6.07, 6.45) is 1.08. The van der Waals surface area contributed by atoms with Gasteiger partial charge in [0.1, 0.15) is 17.8 Å². The molecule has 1 aliphatic heterocycles. The van der Waals surface area contributed by atoms with Crippen LogP contribution in [0.15, 0.2) is 23.7 Å². The first kappa shape index (κ1) is 24.7. The molecule has 1 aromatic carbocycles. The van der Waals surface area contributed by atoms with E-state index in [1.54, 1.807) is 22.5 Å². The molecule has 0 spiro atoms. The van der Waals surface area contributed by atoms with Crippen molar-refractivity contribution in [2.45, 2.75) is 59.7 Å². The summed E-state index contributed by atoms with van der Waals surface area (Å²) < 4.78 is 0. The molecule has 3 N–H and O–H groups in total. The first-order valence-corrected chi connectivity index (χ1v) is 11.9. The first-order valence-electron chi connectivity index (χ1n) is 11.0. The third-order valence-electron chi connectivity index (χ3n) is 5.99. The fourth-order valence-electron chi connectivity index (χ4n) is 4.20. The van der Waals surface area contributed by atoms with Crippen molar-refractivity contribution in [3.8, 4) is 16.2 Å². The smallest absolute Gasteiger partial charge is 0.246 e. The van der Waals surface area contributed by atoms with Crippen molar-refractivity contribution in [1.29, 1.82) is 0 Å². The van der Waals surface area contributed by atoms with Crippen molar-refractivity contribution in [1.82, 2.24) is 20.5 Å². The Morgan fingerprint density at radius 3 is 2.67 bits per heavy atom. The highest BCUT2D eigenvalue weighted by Crippen LogP contribution is 2.32. The van der Waals surface area contributed by atoms with Gasteiger partial charge >= 0.3 is 0 Å². The van der Waals surface area contributed by atoms with E-state index in [0.717, 1.165) is 16.1 Å². The zero-order valence-electron chi connectivity index (χ0n) is 19.7. The molecule has 9 heteroatoms. The SMILES string of the molecule is Cc1ncsc1-c1ccc(CNC(=O)C2CC(C)CN2C(=O)C(NC=O)C(C)(C)C)c(O)c1. The van der Waals surface area contributed by atoms with Crippen LogP contribution in [-0.4, -0.2) is 51.8 Å². The van der Waals surface area contributed by atoms with Gasteiger partial charge in [0.2, 0.25) is 18.2 Å². The van der Waals surface area contributed by atoms with Crippen molar-refractivity contribution >= 4 is 29.6 Å². The average molecular weight is 473 g/mol. The Labute approximate surface area is 198 Å². The quantitative estimate of drug-likeness (QED) is 0.537. The Hall–Kier alpha value is -2.94. The van der Waals surface area contributed by atoms with Crippen LogP contribution in [0.3, 0.4) is 0 Å². The maximum Gasteiger partial charge on any atom is 0.246 e. The van der Waals surface area contributed by atoms with E-state index in [1.807, 2.05) is 40.7 Å². The molecule has 2 heterocycles. The van der Waals surface area contributed by atoms with Crippen LogP contribution in [0.1, 0.15) is 45.4 Å². The predicted molar refractivity (Wildman–Crippen MR) is 128 cm³/mol. The highest BCUT2D eigenvalue weighted by molar-refractivity contribution is 7.13. The normalized spacial score (nSPS) is 19.2. The summed E-state index contributed by atoms with van der Waals surface area (Å²) in [5.74, 6) is -0.271. The van der Waals surface area contributed by atoms with Gasteiger partial charge in [-0.3, -0.25) is 14.4 Å². The number of carbonyl (C=O) groups is 3. The van der Waals surface area contributed by atoms with Crippen LogP contribution in [0.5, 0.6) is 5.75 Å². The van der Waals surface area contributed by atoms with Gasteiger partial charge in [-0.25, -0.2) is 4.98 Å². The van der Waals surface area contributed by atoms with Gasteiger partial charge in [0.05, 0.1) is 16.1 Å². The van der Waals surface area contributed by atoms with Gasteiger partial charge in [-0.2, -0.15) is 0 Å². The molecule has 2 aromatic rings. The van der Waals surface area contributed by atoms with Gasteiger partial charge in [0, 0.05) is 18.7 Å². The molecular weight excluding hydrogens is 440 g/mol. The Kier molecular flexibility index (Phi) is 7.41. The zero-order valence-corrected chi connectivity index (χ0v) is 20.5. The first-order chi connectivity index (χ1) is 15.5. The Morgan fingerprint density at radius 2 is 2.09 bits per heavy atom. The Morgan fingerprint density at radius 1 is 1.36 bits per heavy atom. The van der Waals surface area contributed by atoms with E-state index in [-0.39, 0.29) is 30.0 Å². The third kappa shape index (κ3) is 5.52. The number of aromatic nitrogens is 1. The van der Waals surface area contributed by atoms with E-state index < -0.39 is 17.5 Å². The van der Waals surface area contributed by atoms with Crippen LogP contribution >= 0.6 is 11.3 Å². The molecule has 3 amide bonds. The van der Waals surface area contributed by atoms with Gasteiger partial charge in [-0.1, -0.05) is 39.8 Å². The highest BCUT2D eigenvalue weighted by atomic mass is 32.1. The summed E-state index contributed by atoms with van der Waals surface area (Å²) in [4.78, 5) is 44.2. The van der Waals surface area contributed by atoms with Crippen molar-refractivity contribution in [2.75, 3.05) is 6.54 Å². The molecule has 0 aliphatic carbocycles. The predicted octanol–water partition coefficient (Wildman–Crippen LogP) is 2.84. The number of benzene rings is 1. The number of amides is 3. The second kappa shape index (κ2) is 9.91. The van der Waals surface area contributed by atoms with Crippen molar-refractivity contribution in [2.24, 2.45) is 11.3 Å². The van der Waals surface area contributed by atoms with Gasteiger partial charge in [-0.15, -0.1) is 11.3 Å². The van der Waals surface area contributed by atoms with Gasteiger partial charge in [0.15, 0.2) is 0 Å². The lowest BCUT2D eigenvalue weighted by molar-refractivity contribution is -0.143. The summed E-state index contributed by atoms with van der Waals surface area (Å²) >= 11 is 1.51. The lowest BCUT2D eigenvalue weighted by Crippen LogP contribution is -2.56. The van der Waals surface area contributed by atoms with Crippen molar-refractivity contribution in [3.63, 3.8) is 0 Å². The van der Waals surface area contributed by atoms with Crippen molar-refractivity contribution in [3.05, 3.63) is 35.0 Å². The maximum atomic E-state index is 13.2. The van der Waals surface area contributed by atoms with E-state index >= 15 is 0 Å². The number of aryl methyl sites for hydroxylation is 1. The van der Waals surface area contributed by atoms with E-state index in [1.165, 1.54) is 11.3 Å². The molecule has 0 radical (unpaired) electrons. The molecule has 3 rings (SSSR count). The number of likely N-dealkylation sites (tertiary alicyclic amines) is 1. The van der Waals surface area contributed by atoms with Crippen LogP contribution < -0.4 is 10.6 Å². The number of hydrogen-bond acceptors (Lipinski definition) is 6. The number of hydrogen-bond donors (Lipinski definition) is 3. The molecule has 8 nitrogen and oxygen atoms in total. The lowest BCUT2D eigenvalue weighted by atomic mass is 9.85. The number of nitrogens with one attached hydrogen (secondary N) is 2. The number of nitrogens with zero attached hydrogens (tertiary/aromatic N) is 2. The summed E-state index contributed by atoms with van der Waals surface area (Å²) in [6, 6.07) is 4.02. The second-order valence-corrected chi connectivity index (χ2v) is 10.6. The number of aromatic hydroxyl groups is 1. The minimum absolute atomic E-state index is 0.0938. The van der Waals surface area contributed by atoms with Crippen LogP contribution in [0, 0.1) is 18.3 Å². The molecule has 3 unspecified atom stereocenters. The largest absolute Gasteiger partial charge is 0.508 e. The molecular formula is C24H32N4O4S. The Bertz CT molecular complexity index is 1030. The number of phenolic OH excluding ortho intramolecular Hbond substituents is 1. The van der Waals surface area contributed by atoms with E-state index in [0.29, 0.717) is 24.9 Å². The maximum absolute atomic E-state index is 13.2. The fraction of sp³-hybridized carbons (Fsp3) is 0.500. The van der Waals surface area contributed by atoms with Crippen LogP contribution in [0.4, 0.5) is 0 Å². The standard InChI is InChI=1S/C24H32N4O4S/c1-14-8-18(28(11-14)23(32)21(26-12-29)24(3,4)5)22(31)25-10-17-7-6-16(9-19(17)30)20-15(2)27-13-33-20/h6-7,9,12-14,18,21,30H,8,10-11H2,1-5H3,(H,25,31)(H,26,29). The number of carbonyl (C=O) groups excluding carboxylic acids is 3. The van der Waals surface area contributed by atoms with Gasteiger partial charge in [0.25, 0.3) is 0 Å². The number of thiazole rings is 1. The topological polar surface area (TPSA) is 112 Å². The number of phenols is 1. The molecule has 1 fully saturated rings. The van der Waals surface area contributed by atoms with E-state index in [4.69, 9.17) is 0 Å². The summed E-state index contributed by atoms with van der Waals surface area (Å²) in [5, 5.41) is 16.0. The summed E-state index contributed by atoms with van der Waals surface area (Å²) in [7, 11) is 0. The Balaban J connectivity index is 1.70. The van der Waals surface area contributed by atoms with E-state index in [2.05, 4.69) is 15.6 Å². The summed E-state index contributed by atoms with van der Waals surface area (Å²) in [5.41, 5.74) is 3.64. The molecule has 1 saturated heterocycles.